The van der Waals surface area contributed by atoms with Gasteiger partial charge in [-0.05, 0) is 52.5 Å². The Morgan fingerprint density at radius 1 is 0.686 bits per heavy atom. The van der Waals surface area contributed by atoms with E-state index >= 15 is 0 Å². The zero-order chi connectivity index (χ0) is 23.5. The van der Waals surface area contributed by atoms with Gasteiger partial charge in [-0.1, -0.05) is 56.3 Å². The molecule has 3 heterocycles. The van der Waals surface area contributed by atoms with Gasteiger partial charge in [0.15, 0.2) is 0 Å². The number of hydrogen-bond acceptors (Lipinski definition) is 3. The van der Waals surface area contributed by atoms with Gasteiger partial charge in [0.1, 0.15) is 0 Å². The van der Waals surface area contributed by atoms with Crippen LogP contribution in [-0.2, 0) is 25.5 Å². The molecule has 2 aromatic carbocycles. The van der Waals surface area contributed by atoms with Crippen molar-refractivity contribution in [3.05, 3.63) is 126 Å². The molecule has 6 rings (SSSR count). The first-order valence-electron chi connectivity index (χ1n) is 11.4. The number of benzene rings is 2. The summed E-state index contributed by atoms with van der Waals surface area (Å²) in [5, 5.41) is 0. The molecule has 175 valence electrons. The molecule has 0 N–H and O–H groups in total. The monoisotopic (exact) mass is 632 g/mol. The van der Waals surface area contributed by atoms with Crippen molar-refractivity contribution in [3.8, 4) is 33.8 Å². The van der Waals surface area contributed by atoms with E-state index in [9.17, 15) is 0 Å². The van der Waals surface area contributed by atoms with E-state index in [0.717, 1.165) is 22.6 Å². The van der Waals surface area contributed by atoms with Crippen molar-refractivity contribution in [2.45, 2.75) is 26.2 Å². The molecule has 35 heavy (non-hydrogen) atoms. The third-order valence-electron chi connectivity index (χ3n) is 6.21. The molecule has 4 heteroatoms. The van der Waals surface area contributed by atoms with Gasteiger partial charge in [-0.2, -0.15) is 12.1 Å². The van der Waals surface area contributed by atoms with Crippen LogP contribution in [0.4, 0.5) is 0 Å². The SMILES string of the molecule is CC1(C)c2ccccc2-c2cnc(-c3[c-]cccn3)cc21.Cc1ccc(-c2[c-]cccc2)nc1.[Ir]. The Labute approximate surface area is 220 Å². The number of aryl methyl sites for hydroxylation is 1. The van der Waals surface area contributed by atoms with Crippen LogP contribution in [0, 0.1) is 19.1 Å². The summed E-state index contributed by atoms with van der Waals surface area (Å²) in [5.74, 6) is 0. The van der Waals surface area contributed by atoms with Crippen LogP contribution in [-0.4, -0.2) is 15.0 Å². The van der Waals surface area contributed by atoms with Crippen molar-refractivity contribution in [2.75, 3.05) is 0 Å². The first-order chi connectivity index (χ1) is 16.5. The largest absolute Gasteiger partial charge is 0.317 e. The number of nitrogens with zero attached hydrogens (tertiary/aromatic N) is 3. The molecule has 0 saturated heterocycles. The molecule has 5 aromatic rings. The maximum absolute atomic E-state index is 4.59. The molecule has 3 aromatic heterocycles. The molecule has 1 radical (unpaired) electrons. The minimum Gasteiger partial charge on any atom is -0.317 e. The van der Waals surface area contributed by atoms with Crippen LogP contribution in [0.3, 0.4) is 0 Å². The Hall–Kier alpha value is -3.46. The quantitative estimate of drug-likeness (QED) is 0.195. The van der Waals surface area contributed by atoms with Crippen LogP contribution in [0.5, 0.6) is 0 Å². The molecular formula is C31H25IrN3-2. The fraction of sp³-hybridized carbons (Fsp3) is 0.129. The van der Waals surface area contributed by atoms with E-state index in [4.69, 9.17) is 0 Å². The van der Waals surface area contributed by atoms with Crippen molar-refractivity contribution in [2.24, 2.45) is 0 Å². The van der Waals surface area contributed by atoms with Gasteiger partial charge in [-0.25, -0.2) is 0 Å². The molecule has 3 nitrogen and oxygen atoms in total. The van der Waals surface area contributed by atoms with Crippen LogP contribution >= 0.6 is 0 Å². The van der Waals surface area contributed by atoms with E-state index in [1.54, 1.807) is 6.20 Å². The molecular weight excluding hydrogens is 607 g/mol. The third-order valence-corrected chi connectivity index (χ3v) is 6.21. The molecule has 0 aliphatic heterocycles. The molecule has 0 fully saturated rings. The van der Waals surface area contributed by atoms with Crippen molar-refractivity contribution in [3.63, 3.8) is 0 Å². The van der Waals surface area contributed by atoms with Gasteiger partial charge in [0.25, 0.3) is 0 Å². The van der Waals surface area contributed by atoms with Crippen LogP contribution in [0.15, 0.2) is 97.5 Å². The molecule has 0 spiro atoms. The molecule has 1 aliphatic rings. The van der Waals surface area contributed by atoms with Gasteiger partial charge in [0.2, 0.25) is 0 Å². The predicted molar refractivity (Wildman–Crippen MR) is 137 cm³/mol. The number of hydrogen-bond donors (Lipinski definition) is 0. The normalized spacial score (nSPS) is 12.4. The minimum absolute atomic E-state index is 0. The predicted octanol–water partition coefficient (Wildman–Crippen LogP) is 7.10. The topological polar surface area (TPSA) is 38.7 Å². The van der Waals surface area contributed by atoms with Crippen molar-refractivity contribution >= 4 is 0 Å². The second-order valence-corrected chi connectivity index (χ2v) is 8.91. The average Bonchev–Trinajstić information content (AvgIpc) is 3.12. The van der Waals surface area contributed by atoms with E-state index in [-0.39, 0.29) is 25.5 Å². The van der Waals surface area contributed by atoms with Gasteiger partial charge in [0.05, 0.1) is 0 Å². The van der Waals surface area contributed by atoms with Gasteiger partial charge < -0.3 is 9.97 Å². The van der Waals surface area contributed by atoms with Crippen molar-refractivity contribution in [1.82, 2.24) is 15.0 Å². The second kappa shape index (κ2) is 10.4. The summed E-state index contributed by atoms with van der Waals surface area (Å²) in [6.45, 7) is 6.57. The van der Waals surface area contributed by atoms with E-state index in [0.29, 0.717) is 0 Å². The summed E-state index contributed by atoms with van der Waals surface area (Å²) >= 11 is 0. The molecule has 0 saturated carbocycles. The third kappa shape index (κ3) is 5.00. The fourth-order valence-electron chi connectivity index (χ4n) is 4.37. The number of rotatable bonds is 2. The standard InChI is InChI=1S/C19H15N2.C12H10N.Ir/c1-19(2)15-8-4-3-7-13(15)14-12-21-18(11-16(14)19)17-9-5-6-10-20-17;1-10-7-8-12(13-9-10)11-5-3-2-4-6-11;/h3-8,10-12H,1-2H3;2-5,7-9H,1H3;/q2*-1;. The summed E-state index contributed by atoms with van der Waals surface area (Å²) in [6.07, 6.45) is 5.62. The number of fused-ring (bicyclic) bond motifs is 3. The summed E-state index contributed by atoms with van der Waals surface area (Å²) in [4.78, 5) is 13.3. The first kappa shape index (κ1) is 24.7. The Kier molecular flexibility index (Phi) is 7.35. The van der Waals surface area contributed by atoms with E-state index in [1.807, 2.05) is 61.8 Å². The maximum Gasteiger partial charge on any atom is 0.0207 e. The number of aromatic nitrogens is 3. The summed E-state index contributed by atoms with van der Waals surface area (Å²) in [6, 6.07) is 32.7. The fourth-order valence-corrected chi connectivity index (χ4v) is 4.37. The van der Waals surface area contributed by atoms with Crippen LogP contribution in [0.2, 0.25) is 0 Å². The molecule has 0 amide bonds. The average molecular weight is 632 g/mol. The Balaban J connectivity index is 0.000000179. The van der Waals surface area contributed by atoms with Crippen molar-refractivity contribution < 1.29 is 20.1 Å². The second-order valence-electron chi connectivity index (χ2n) is 8.91. The molecule has 0 unspecified atom stereocenters. The van der Waals surface area contributed by atoms with Gasteiger partial charge >= 0.3 is 0 Å². The van der Waals surface area contributed by atoms with Crippen LogP contribution in [0.25, 0.3) is 33.8 Å². The minimum atomic E-state index is -0.00159. The van der Waals surface area contributed by atoms with Gasteiger partial charge in [0, 0.05) is 43.5 Å². The molecule has 1 aliphatic carbocycles. The number of pyridine rings is 3. The smallest absolute Gasteiger partial charge is 0.0207 e. The Morgan fingerprint density at radius 2 is 1.46 bits per heavy atom. The Morgan fingerprint density at radius 3 is 2.17 bits per heavy atom. The van der Waals surface area contributed by atoms with E-state index in [2.05, 4.69) is 77.3 Å². The summed E-state index contributed by atoms with van der Waals surface area (Å²) in [7, 11) is 0. The zero-order valence-electron chi connectivity index (χ0n) is 19.9. The Bertz CT molecular complexity index is 1410. The van der Waals surface area contributed by atoms with Gasteiger partial charge in [-0.15, -0.1) is 42.0 Å². The summed E-state index contributed by atoms with van der Waals surface area (Å²) < 4.78 is 0. The molecule has 0 bridgehead atoms. The zero-order valence-corrected chi connectivity index (χ0v) is 22.3. The van der Waals surface area contributed by atoms with Crippen molar-refractivity contribution in [1.29, 1.82) is 0 Å². The van der Waals surface area contributed by atoms with E-state index < -0.39 is 0 Å². The van der Waals surface area contributed by atoms with E-state index in [1.165, 1.54) is 27.8 Å². The summed E-state index contributed by atoms with van der Waals surface area (Å²) in [5.41, 5.74) is 10.1. The van der Waals surface area contributed by atoms with Crippen LogP contribution in [0.1, 0.15) is 30.5 Å². The maximum atomic E-state index is 4.59. The molecule has 0 atom stereocenters. The van der Waals surface area contributed by atoms with Crippen LogP contribution < -0.4 is 0 Å². The van der Waals surface area contributed by atoms with Gasteiger partial charge in [-0.3, -0.25) is 4.98 Å². The first-order valence-corrected chi connectivity index (χ1v) is 11.4.